The van der Waals surface area contributed by atoms with Gasteiger partial charge in [0.15, 0.2) is 5.82 Å². The number of morpholine rings is 1. The van der Waals surface area contributed by atoms with Gasteiger partial charge < -0.3 is 19.7 Å². The zero-order valence-electron chi connectivity index (χ0n) is 29.4. The summed E-state index contributed by atoms with van der Waals surface area (Å²) in [6.45, 7) is 5.68. The first-order valence-electron chi connectivity index (χ1n) is 18.0. The Balaban J connectivity index is 1.19. The Labute approximate surface area is 315 Å². The molecule has 2 amide bonds. The molecular weight excluding hydrogens is 738 g/mol. The first kappa shape index (κ1) is 34.9. The number of benzene rings is 3. The van der Waals surface area contributed by atoms with Crippen molar-refractivity contribution in [2.45, 2.75) is 51.5 Å². The molecule has 13 heteroatoms. The van der Waals surface area contributed by atoms with Gasteiger partial charge in [-0.1, -0.05) is 40.2 Å². The Morgan fingerprint density at radius 1 is 0.981 bits per heavy atom. The lowest BCUT2D eigenvalue weighted by Gasteiger charge is -2.40. The third-order valence-corrected chi connectivity index (χ3v) is 10.9. The van der Waals surface area contributed by atoms with E-state index in [1.165, 1.54) is 4.57 Å². The van der Waals surface area contributed by atoms with Crippen LogP contribution in [0, 0.1) is 6.92 Å². The van der Waals surface area contributed by atoms with Crippen LogP contribution in [0.25, 0.3) is 17.1 Å². The van der Waals surface area contributed by atoms with E-state index >= 15 is 0 Å². The van der Waals surface area contributed by atoms with Gasteiger partial charge in [-0.25, -0.2) is 14.8 Å². The van der Waals surface area contributed by atoms with E-state index in [1.807, 2.05) is 78.6 Å². The lowest BCUT2D eigenvalue weighted by molar-refractivity contribution is 0.0148. The number of ether oxygens (including phenoxy) is 2. The number of carbonyl (C=O) groups excluding carboxylic acids is 2. The summed E-state index contributed by atoms with van der Waals surface area (Å²) in [4.78, 5) is 56.4. The van der Waals surface area contributed by atoms with Crippen LogP contribution in [-0.4, -0.2) is 85.7 Å². The second-order valence-corrected chi connectivity index (χ2v) is 14.6. The summed E-state index contributed by atoms with van der Waals surface area (Å²) in [7, 11) is 0. The number of nitrogens with one attached hydrogen (secondary N) is 1. The van der Waals surface area contributed by atoms with Gasteiger partial charge >= 0.3 is 5.69 Å². The van der Waals surface area contributed by atoms with Gasteiger partial charge in [0.25, 0.3) is 11.8 Å². The molecule has 53 heavy (non-hydrogen) atoms. The van der Waals surface area contributed by atoms with E-state index in [1.54, 1.807) is 23.0 Å². The second kappa shape index (κ2) is 15.1. The maximum Gasteiger partial charge on any atom is 0.333 e. The predicted octanol–water partition coefficient (Wildman–Crippen LogP) is 4.99. The van der Waals surface area contributed by atoms with Gasteiger partial charge in [-0.3, -0.25) is 23.6 Å². The summed E-state index contributed by atoms with van der Waals surface area (Å²) in [5, 5.41) is 3.09. The molecule has 0 spiro atoms. The van der Waals surface area contributed by atoms with Crippen LogP contribution in [0.3, 0.4) is 0 Å². The third-order valence-electron chi connectivity index (χ3n) is 10.0. The molecule has 0 radical (unpaired) electrons. The Kier molecular flexibility index (Phi) is 9.95. The maximum atomic E-state index is 14.5. The molecule has 2 aromatic heterocycles. The van der Waals surface area contributed by atoms with E-state index in [0.717, 1.165) is 47.1 Å². The number of carbonyl (C=O) groups is 2. The molecule has 3 aromatic carbocycles. The number of hydrogen-bond donors (Lipinski definition) is 1. The summed E-state index contributed by atoms with van der Waals surface area (Å²) in [5.41, 5.74) is 3.97. The monoisotopic (exact) mass is 777 g/mol. The highest BCUT2D eigenvalue weighted by Crippen LogP contribution is 2.30. The molecule has 0 bridgehead atoms. The van der Waals surface area contributed by atoms with Crippen LogP contribution in [0.5, 0.6) is 5.75 Å². The van der Waals surface area contributed by atoms with Crippen LogP contribution >= 0.6 is 15.9 Å². The Morgan fingerprint density at radius 2 is 1.74 bits per heavy atom. The molecule has 272 valence electrons. The zero-order chi connectivity index (χ0) is 36.5. The minimum absolute atomic E-state index is 0.0747. The molecule has 1 unspecified atom stereocenters. The molecule has 12 nitrogen and oxygen atoms in total. The van der Waals surface area contributed by atoms with E-state index in [-0.39, 0.29) is 49.1 Å². The molecule has 1 saturated heterocycles. The molecule has 1 atom stereocenters. The van der Waals surface area contributed by atoms with Crippen molar-refractivity contribution in [3.8, 4) is 22.8 Å². The number of rotatable bonds is 10. The molecule has 4 heterocycles. The normalized spacial score (nSPS) is 17.3. The van der Waals surface area contributed by atoms with Crippen molar-refractivity contribution in [2.24, 2.45) is 0 Å². The predicted molar refractivity (Wildman–Crippen MR) is 202 cm³/mol. The van der Waals surface area contributed by atoms with Crippen LogP contribution in [0.15, 0.2) is 94.5 Å². The number of halogens is 1. The number of aromatic nitrogens is 4. The van der Waals surface area contributed by atoms with Gasteiger partial charge in [0, 0.05) is 60.7 Å². The summed E-state index contributed by atoms with van der Waals surface area (Å²) < 4.78 is 15.6. The number of nitrogens with zero attached hydrogens (tertiary/aromatic N) is 6. The Morgan fingerprint density at radius 3 is 2.47 bits per heavy atom. The van der Waals surface area contributed by atoms with Crippen molar-refractivity contribution < 1.29 is 19.1 Å². The average Bonchev–Trinajstić information content (AvgIpc) is 3.97. The zero-order valence-corrected chi connectivity index (χ0v) is 31.0. The van der Waals surface area contributed by atoms with Crippen molar-refractivity contribution >= 4 is 27.7 Å². The Hall–Kier alpha value is -5.11. The van der Waals surface area contributed by atoms with Crippen molar-refractivity contribution in [3.63, 3.8) is 0 Å². The smallest absolute Gasteiger partial charge is 0.333 e. The number of hydrogen-bond acceptors (Lipinski definition) is 8. The largest absolute Gasteiger partial charge is 0.490 e. The highest BCUT2D eigenvalue weighted by Gasteiger charge is 2.38. The topological polar surface area (TPSA) is 124 Å². The van der Waals surface area contributed by atoms with Crippen LogP contribution in [0.4, 0.5) is 0 Å². The van der Waals surface area contributed by atoms with E-state index in [4.69, 9.17) is 9.47 Å². The number of fused-ring (bicyclic) bond motifs is 1. The van der Waals surface area contributed by atoms with Gasteiger partial charge in [0.1, 0.15) is 11.4 Å². The van der Waals surface area contributed by atoms with E-state index < -0.39 is 5.91 Å². The van der Waals surface area contributed by atoms with Crippen LogP contribution in [0.1, 0.15) is 50.5 Å². The van der Waals surface area contributed by atoms with Gasteiger partial charge in [-0.05, 0) is 79.4 Å². The van der Waals surface area contributed by atoms with Gasteiger partial charge in [-0.15, -0.1) is 0 Å². The summed E-state index contributed by atoms with van der Waals surface area (Å²) in [6, 6.07) is 21.9. The minimum atomic E-state index is -0.434. The van der Waals surface area contributed by atoms with Crippen LogP contribution in [-0.2, 0) is 24.4 Å². The molecular formula is C40H40BrN7O5. The highest BCUT2D eigenvalue weighted by atomic mass is 79.9. The minimum Gasteiger partial charge on any atom is -0.490 e. The molecule has 1 saturated carbocycles. The van der Waals surface area contributed by atoms with Crippen molar-refractivity contribution in [1.29, 1.82) is 0 Å². The maximum absolute atomic E-state index is 14.5. The second-order valence-electron chi connectivity index (χ2n) is 13.7. The van der Waals surface area contributed by atoms with Crippen molar-refractivity contribution in [3.05, 3.63) is 128 Å². The lowest BCUT2D eigenvalue weighted by Crippen LogP contribution is -2.54. The standard InChI is InChI=1S/C40H40BrN7O5/c1-26-21-27(7-14-34(26)41)39(50)46-25-35-36(38(49)44-22-28-5-2-3-6-33(28)37-42-15-4-16-43-37)48(29-8-10-31(11-9-29)53-32-12-13-32)40(51)47(35)24-30(46)23-45-17-19-52-20-18-45/h2-11,14-16,21,30,32H,12-13,17-20,22-25H2,1H3,(H,44,49). The summed E-state index contributed by atoms with van der Waals surface area (Å²) in [5.74, 6) is 0.672. The quantitative estimate of drug-likeness (QED) is 0.211. The average molecular weight is 779 g/mol. The van der Waals surface area contributed by atoms with E-state index in [9.17, 15) is 14.4 Å². The van der Waals surface area contributed by atoms with Crippen LogP contribution < -0.4 is 15.7 Å². The fourth-order valence-electron chi connectivity index (χ4n) is 7.07. The molecule has 8 rings (SSSR count). The van der Waals surface area contributed by atoms with Crippen LogP contribution in [0.2, 0.25) is 0 Å². The van der Waals surface area contributed by atoms with E-state index in [2.05, 4.69) is 36.1 Å². The molecule has 2 fully saturated rings. The number of amides is 2. The van der Waals surface area contributed by atoms with Gasteiger partial charge in [-0.2, -0.15) is 0 Å². The molecule has 1 N–H and O–H groups in total. The van der Waals surface area contributed by atoms with Gasteiger partial charge in [0.2, 0.25) is 0 Å². The fourth-order valence-corrected chi connectivity index (χ4v) is 7.32. The lowest BCUT2D eigenvalue weighted by atomic mass is 10.1. The fraction of sp³-hybridized carbons (Fsp3) is 0.325. The highest BCUT2D eigenvalue weighted by molar-refractivity contribution is 9.10. The molecule has 1 aliphatic carbocycles. The first-order valence-corrected chi connectivity index (χ1v) is 18.8. The van der Waals surface area contributed by atoms with Gasteiger partial charge in [0.05, 0.1) is 43.3 Å². The summed E-state index contributed by atoms with van der Waals surface area (Å²) in [6.07, 6.45) is 5.63. The number of imidazole rings is 1. The van der Waals surface area contributed by atoms with Crippen molar-refractivity contribution in [1.82, 2.24) is 34.2 Å². The SMILES string of the molecule is Cc1cc(C(=O)N2Cc3c(C(=O)NCc4ccccc4-c4ncccn4)n(-c4ccc(OC5CC5)cc4)c(=O)n3CC2CN2CCOCC2)ccc1Br. The third kappa shape index (κ3) is 7.41. The Bertz CT molecular complexity index is 2190. The number of aryl methyl sites for hydroxylation is 1. The van der Waals surface area contributed by atoms with E-state index in [0.29, 0.717) is 48.3 Å². The molecule has 2 aliphatic heterocycles. The van der Waals surface area contributed by atoms with Crippen molar-refractivity contribution in [2.75, 3.05) is 32.8 Å². The molecule has 5 aromatic rings. The first-order chi connectivity index (χ1) is 25.8. The molecule has 3 aliphatic rings. The summed E-state index contributed by atoms with van der Waals surface area (Å²) >= 11 is 3.56.